The number of alkyl halides is 1. The van der Waals surface area contributed by atoms with Gasteiger partial charge in [0.05, 0.1) is 36.2 Å². The summed E-state index contributed by atoms with van der Waals surface area (Å²) in [5.74, 6) is 1.19. The lowest BCUT2D eigenvalue weighted by molar-refractivity contribution is 0.0577. The van der Waals surface area contributed by atoms with Crippen LogP contribution in [0, 0.1) is 6.92 Å². The van der Waals surface area contributed by atoms with E-state index in [0.717, 1.165) is 16.8 Å². The maximum Gasteiger partial charge on any atom is 0.223 e. The molecule has 5 rings (SSSR count). The molecule has 0 saturated carbocycles. The number of anilines is 2. The fraction of sp³-hybridized carbons (Fsp3) is 0.478. The molecule has 4 heterocycles. The highest BCUT2D eigenvalue weighted by molar-refractivity contribution is 5.93. The number of piperidine rings is 1. The molecule has 3 N–H and O–H groups in total. The number of nitrogens with zero attached hydrogens (tertiary/aromatic N) is 7. The zero-order chi connectivity index (χ0) is 24.2. The molecule has 0 spiro atoms. The maximum atomic E-state index is 14.9. The summed E-state index contributed by atoms with van der Waals surface area (Å²) in [7, 11) is 1.59. The van der Waals surface area contributed by atoms with Crippen molar-refractivity contribution in [3.05, 3.63) is 35.9 Å². The van der Waals surface area contributed by atoms with Gasteiger partial charge in [-0.1, -0.05) is 0 Å². The van der Waals surface area contributed by atoms with E-state index < -0.39 is 11.8 Å². The van der Waals surface area contributed by atoms with Gasteiger partial charge in [-0.15, -0.1) is 5.10 Å². The van der Waals surface area contributed by atoms with Gasteiger partial charge in [0, 0.05) is 36.7 Å². The Morgan fingerprint density at radius 3 is 2.76 bits per heavy atom. The number of rotatable bonds is 5. The van der Waals surface area contributed by atoms with E-state index in [1.807, 2.05) is 30.2 Å². The second kappa shape index (κ2) is 8.08. The second-order valence-corrected chi connectivity index (χ2v) is 9.60. The Hall–Kier alpha value is -3.47. The van der Waals surface area contributed by atoms with E-state index in [9.17, 15) is 9.50 Å². The smallest absolute Gasteiger partial charge is 0.223 e. The Balaban J connectivity index is 1.48. The zero-order valence-electron chi connectivity index (χ0n) is 19.7. The van der Waals surface area contributed by atoms with Crippen LogP contribution in [0.2, 0.25) is 0 Å². The van der Waals surface area contributed by atoms with Crippen LogP contribution in [0.5, 0.6) is 5.75 Å². The first kappa shape index (κ1) is 22.3. The normalized spacial score (nSPS) is 19.3. The molecule has 1 aliphatic rings. The summed E-state index contributed by atoms with van der Waals surface area (Å²) in [5.41, 5.74) is 8.15. The van der Waals surface area contributed by atoms with Crippen molar-refractivity contribution in [3.63, 3.8) is 0 Å². The lowest BCUT2D eigenvalue weighted by Gasteiger charge is -2.34. The molecule has 11 heteroatoms. The van der Waals surface area contributed by atoms with Crippen molar-refractivity contribution >= 4 is 28.2 Å². The van der Waals surface area contributed by atoms with Gasteiger partial charge in [-0.3, -0.25) is 4.68 Å². The number of hydrogen-bond donors (Lipinski definition) is 2. The summed E-state index contributed by atoms with van der Waals surface area (Å²) in [5, 5.41) is 20.0. The zero-order valence-corrected chi connectivity index (χ0v) is 19.7. The van der Waals surface area contributed by atoms with Gasteiger partial charge in [0.25, 0.3) is 0 Å². The Kier molecular flexibility index (Phi) is 5.31. The Bertz CT molecular complexity index is 1360. The number of ether oxygens (including phenoxy) is 1. The minimum absolute atomic E-state index is 0.211. The average Bonchev–Trinajstić information content (AvgIpc) is 3.36. The molecule has 3 aromatic heterocycles. The first-order chi connectivity index (χ1) is 16.1. The van der Waals surface area contributed by atoms with Crippen LogP contribution in [0.25, 0.3) is 16.6 Å². The number of nitrogens with two attached hydrogens (primary N) is 1. The van der Waals surface area contributed by atoms with Crippen molar-refractivity contribution in [2.24, 2.45) is 0 Å². The minimum Gasteiger partial charge on any atom is -0.497 e. The molecule has 1 aromatic carbocycles. The van der Waals surface area contributed by atoms with E-state index in [-0.39, 0.29) is 18.4 Å². The number of aliphatic hydroxyl groups is 1. The highest BCUT2D eigenvalue weighted by atomic mass is 19.1. The molecule has 1 fully saturated rings. The van der Waals surface area contributed by atoms with Gasteiger partial charge in [-0.25, -0.2) is 14.4 Å². The summed E-state index contributed by atoms with van der Waals surface area (Å²) >= 11 is 0. The first-order valence-corrected chi connectivity index (χ1v) is 11.3. The lowest BCUT2D eigenvalue weighted by Crippen LogP contribution is -2.41. The van der Waals surface area contributed by atoms with Crippen LogP contribution in [0.15, 0.2) is 24.4 Å². The van der Waals surface area contributed by atoms with Gasteiger partial charge in [0.2, 0.25) is 5.95 Å². The van der Waals surface area contributed by atoms with E-state index in [2.05, 4.69) is 15.2 Å². The number of nitrogen functional groups attached to an aromatic ring is 1. The largest absolute Gasteiger partial charge is 0.497 e. The summed E-state index contributed by atoms with van der Waals surface area (Å²) in [6, 6.07) is 5.51. The third-order valence-electron chi connectivity index (χ3n) is 6.10. The fourth-order valence-corrected chi connectivity index (χ4v) is 4.64. The number of benzene rings is 1. The predicted molar refractivity (Wildman–Crippen MR) is 127 cm³/mol. The molecule has 4 aromatic rings. The van der Waals surface area contributed by atoms with Crippen LogP contribution in [0.1, 0.15) is 37.7 Å². The molecule has 34 heavy (non-hydrogen) atoms. The Labute approximate surface area is 196 Å². The number of fused-ring (bicyclic) bond motifs is 3. The number of methoxy groups -OCH3 is 1. The van der Waals surface area contributed by atoms with E-state index in [4.69, 9.17) is 15.5 Å². The van der Waals surface area contributed by atoms with Crippen molar-refractivity contribution < 1.29 is 14.2 Å². The molecule has 0 amide bonds. The molecule has 0 aliphatic carbocycles. The highest BCUT2D eigenvalue weighted by Gasteiger charge is 2.33. The van der Waals surface area contributed by atoms with Gasteiger partial charge in [0.1, 0.15) is 11.9 Å². The molecule has 1 aliphatic heterocycles. The van der Waals surface area contributed by atoms with Crippen LogP contribution >= 0.6 is 0 Å². The average molecular weight is 469 g/mol. The molecule has 2 unspecified atom stereocenters. The van der Waals surface area contributed by atoms with Gasteiger partial charge in [0.15, 0.2) is 11.5 Å². The number of aromatic nitrogens is 6. The summed E-state index contributed by atoms with van der Waals surface area (Å²) in [6.07, 6.45) is 1.14. The summed E-state index contributed by atoms with van der Waals surface area (Å²) in [6.45, 7) is 6.52. The van der Waals surface area contributed by atoms with E-state index in [1.165, 1.54) is 4.52 Å². The number of hydrogen-bond acceptors (Lipinski definition) is 8. The second-order valence-electron chi connectivity index (χ2n) is 9.60. The Morgan fingerprint density at radius 1 is 1.24 bits per heavy atom. The lowest BCUT2D eigenvalue weighted by atomic mass is 9.95. The summed E-state index contributed by atoms with van der Waals surface area (Å²) < 4.78 is 23.4. The third-order valence-corrected chi connectivity index (χ3v) is 6.10. The number of aryl methyl sites for hydroxylation is 1. The highest BCUT2D eigenvalue weighted by Crippen LogP contribution is 2.33. The van der Waals surface area contributed by atoms with Crippen LogP contribution < -0.4 is 15.4 Å². The SMILES string of the molecule is COc1ccc2c(c1)nc(N)n1nc(C3CC(F)CN(c4cn(CC(C)(C)O)nc4C)C3)nc21. The maximum absolute atomic E-state index is 14.9. The molecule has 10 nitrogen and oxygen atoms in total. The van der Waals surface area contributed by atoms with Crippen LogP contribution in [0.3, 0.4) is 0 Å². The van der Waals surface area contributed by atoms with Gasteiger partial charge in [-0.05, 0) is 39.3 Å². The van der Waals surface area contributed by atoms with Crippen LogP contribution in [-0.2, 0) is 6.54 Å². The standard InChI is InChI=1S/C23H29FN8O2/c1-13-19(11-31(28-13)12-23(2,3)33)30-9-14(7-15(24)10-30)20-27-21-17-6-5-16(34-4)8-18(17)26-22(25)32(21)29-20/h5-6,8,11,14-15,33H,7,9-10,12H2,1-4H3,(H2,25,26). The van der Waals surface area contributed by atoms with Crippen LogP contribution in [-0.4, -0.2) is 66.4 Å². The molecular weight excluding hydrogens is 439 g/mol. The quantitative estimate of drug-likeness (QED) is 0.458. The predicted octanol–water partition coefficient (Wildman–Crippen LogP) is 2.48. The summed E-state index contributed by atoms with van der Waals surface area (Å²) in [4.78, 5) is 11.2. The van der Waals surface area contributed by atoms with E-state index in [0.29, 0.717) is 42.2 Å². The van der Waals surface area contributed by atoms with Gasteiger partial charge in [-0.2, -0.15) is 9.61 Å². The van der Waals surface area contributed by atoms with Crippen molar-refractivity contribution in [1.29, 1.82) is 0 Å². The third kappa shape index (κ3) is 4.11. The monoisotopic (exact) mass is 468 g/mol. The van der Waals surface area contributed by atoms with Crippen molar-refractivity contribution in [2.45, 2.75) is 51.4 Å². The minimum atomic E-state index is -1.04. The fourth-order valence-electron chi connectivity index (χ4n) is 4.64. The Morgan fingerprint density at radius 2 is 2.03 bits per heavy atom. The topological polar surface area (TPSA) is 120 Å². The molecule has 1 saturated heterocycles. The first-order valence-electron chi connectivity index (χ1n) is 11.3. The molecule has 0 radical (unpaired) electrons. The molecule has 2 atom stereocenters. The van der Waals surface area contributed by atoms with E-state index in [1.54, 1.807) is 31.7 Å². The molecular formula is C23H29FN8O2. The van der Waals surface area contributed by atoms with Gasteiger partial charge < -0.3 is 20.5 Å². The number of halogens is 1. The van der Waals surface area contributed by atoms with Crippen molar-refractivity contribution in [3.8, 4) is 5.75 Å². The molecule has 0 bridgehead atoms. The van der Waals surface area contributed by atoms with Gasteiger partial charge >= 0.3 is 0 Å². The molecule has 180 valence electrons. The van der Waals surface area contributed by atoms with Crippen molar-refractivity contribution in [2.75, 3.05) is 30.8 Å². The van der Waals surface area contributed by atoms with Crippen LogP contribution in [0.4, 0.5) is 16.0 Å². The van der Waals surface area contributed by atoms with E-state index >= 15 is 0 Å². The van der Waals surface area contributed by atoms with Crippen molar-refractivity contribution in [1.82, 2.24) is 29.4 Å².